The van der Waals surface area contributed by atoms with Gasteiger partial charge in [-0.3, -0.25) is 8.68 Å². The molecular weight excluding hydrogens is 634 g/mol. The molecule has 0 saturated carbocycles. The minimum Gasteiger partial charge on any atom is -0.423 e. The molecule has 6 nitrogen and oxygen atoms in total. The van der Waals surface area contributed by atoms with E-state index in [1.807, 2.05) is 146 Å². The van der Waals surface area contributed by atoms with Gasteiger partial charge >= 0.3 is 17.1 Å². The summed E-state index contributed by atoms with van der Waals surface area (Å²) in [7, 11) is -3.27. The van der Waals surface area contributed by atoms with E-state index in [0.29, 0.717) is 11.5 Å². The molecule has 8 heteroatoms. The fraction of sp³-hybridized carbons (Fsp3) is 0. The summed E-state index contributed by atoms with van der Waals surface area (Å²) >= 11 is 0. The second kappa shape index (κ2) is 13.7. The molecule has 0 bridgehead atoms. The summed E-state index contributed by atoms with van der Waals surface area (Å²) in [6, 6.07) is 56.2. The molecule has 0 saturated heterocycles. The zero-order valence-corrected chi connectivity index (χ0v) is 27.5. The molecule has 48 heavy (non-hydrogen) atoms. The topological polar surface area (TPSA) is 46.8 Å². The van der Waals surface area contributed by atoms with Gasteiger partial charge in [0.05, 0.1) is 11.0 Å². The lowest BCUT2D eigenvalue weighted by molar-refractivity contribution is 0.477. The van der Waals surface area contributed by atoms with E-state index in [1.165, 1.54) is 0 Å². The van der Waals surface area contributed by atoms with Gasteiger partial charge in [-0.2, -0.15) is 0 Å². The minimum atomic E-state index is -1.64. The standard InChI is InChI=1S/C40H30N2O4P2/c1-3-17-33(18-4-1)43-47(41-29-27-31-15-7-11-23-37(31)41)45-39-25-13-9-21-35(39)36-22-10-14-26-40(36)46-48(44-34-19-5-2-6-20-34)42-30-28-32-16-8-12-24-38(32)42/h1-30H. The quantitative estimate of drug-likeness (QED) is 0.129. The summed E-state index contributed by atoms with van der Waals surface area (Å²) in [5, 5.41) is 2.23. The summed E-state index contributed by atoms with van der Waals surface area (Å²) in [6.45, 7) is 0. The van der Waals surface area contributed by atoms with Crippen LogP contribution in [0.25, 0.3) is 32.9 Å². The molecule has 8 aromatic rings. The Labute approximate surface area is 281 Å². The van der Waals surface area contributed by atoms with Gasteiger partial charge in [0, 0.05) is 34.3 Å². The molecule has 0 amide bonds. The van der Waals surface area contributed by atoms with Crippen molar-refractivity contribution < 1.29 is 18.1 Å². The van der Waals surface area contributed by atoms with Gasteiger partial charge in [-0.15, -0.1) is 0 Å². The number of aromatic nitrogens is 2. The first kappa shape index (κ1) is 29.8. The van der Waals surface area contributed by atoms with Crippen molar-refractivity contribution in [2.45, 2.75) is 0 Å². The molecule has 0 N–H and O–H groups in total. The van der Waals surface area contributed by atoms with Crippen LogP contribution < -0.4 is 18.1 Å². The number of benzene rings is 6. The highest BCUT2D eigenvalue weighted by molar-refractivity contribution is 7.47. The van der Waals surface area contributed by atoms with Crippen molar-refractivity contribution in [1.82, 2.24) is 8.68 Å². The summed E-state index contributed by atoms with van der Waals surface area (Å²) in [4.78, 5) is 0. The maximum absolute atomic E-state index is 6.86. The van der Waals surface area contributed by atoms with Crippen LogP contribution in [0.3, 0.4) is 0 Å². The Morgan fingerprint density at radius 3 is 1.17 bits per heavy atom. The number of rotatable bonds is 11. The number of nitrogens with zero attached hydrogens (tertiary/aromatic N) is 2. The first-order valence-electron chi connectivity index (χ1n) is 15.5. The predicted molar refractivity (Wildman–Crippen MR) is 196 cm³/mol. The Morgan fingerprint density at radius 1 is 0.333 bits per heavy atom. The first-order chi connectivity index (χ1) is 23.8. The summed E-state index contributed by atoms with van der Waals surface area (Å²) in [5.41, 5.74) is 3.81. The van der Waals surface area contributed by atoms with Gasteiger partial charge in [0.1, 0.15) is 23.0 Å². The molecule has 0 aliphatic rings. The van der Waals surface area contributed by atoms with Gasteiger partial charge in [0.15, 0.2) is 0 Å². The zero-order chi connectivity index (χ0) is 32.1. The highest BCUT2D eigenvalue weighted by Gasteiger charge is 2.25. The number of hydrogen-bond donors (Lipinski definition) is 0. The Morgan fingerprint density at radius 2 is 0.708 bits per heavy atom. The van der Waals surface area contributed by atoms with Crippen LogP contribution in [0, 0.1) is 0 Å². The van der Waals surface area contributed by atoms with E-state index in [-0.39, 0.29) is 0 Å². The van der Waals surface area contributed by atoms with Crippen molar-refractivity contribution in [3.8, 4) is 34.1 Å². The third-order valence-electron chi connectivity index (χ3n) is 7.78. The molecule has 0 aliphatic heterocycles. The van der Waals surface area contributed by atoms with E-state index in [4.69, 9.17) is 18.1 Å². The fourth-order valence-corrected chi connectivity index (χ4v) is 8.24. The lowest BCUT2D eigenvalue weighted by Crippen LogP contribution is -2.06. The van der Waals surface area contributed by atoms with Crippen molar-refractivity contribution in [3.63, 3.8) is 0 Å². The van der Waals surface area contributed by atoms with Crippen molar-refractivity contribution in [3.05, 3.63) is 182 Å². The third kappa shape index (κ3) is 6.24. The first-order valence-corrected chi connectivity index (χ1v) is 17.8. The van der Waals surface area contributed by atoms with Crippen LogP contribution in [0.1, 0.15) is 0 Å². The molecule has 8 rings (SSSR count). The van der Waals surface area contributed by atoms with E-state index >= 15 is 0 Å². The molecule has 2 heterocycles. The van der Waals surface area contributed by atoms with E-state index in [1.54, 1.807) is 0 Å². The Kier molecular flexibility index (Phi) is 8.50. The lowest BCUT2D eigenvalue weighted by Gasteiger charge is -2.23. The van der Waals surface area contributed by atoms with Crippen LogP contribution in [-0.4, -0.2) is 8.68 Å². The van der Waals surface area contributed by atoms with Gasteiger partial charge in [0.2, 0.25) is 0 Å². The molecule has 0 fully saturated rings. The Bertz CT molecular complexity index is 2130. The van der Waals surface area contributed by atoms with Crippen LogP contribution in [0.5, 0.6) is 23.0 Å². The maximum atomic E-state index is 6.86. The third-order valence-corrected chi connectivity index (χ3v) is 10.6. The Balaban J connectivity index is 1.18. The molecular formula is C40H30N2O4P2. The minimum absolute atomic E-state index is 0.674. The van der Waals surface area contributed by atoms with E-state index in [0.717, 1.165) is 44.4 Å². The average molecular weight is 665 g/mol. The fourth-order valence-electron chi connectivity index (χ4n) is 5.48. The molecule has 234 valence electrons. The largest absolute Gasteiger partial charge is 0.423 e. The van der Waals surface area contributed by atoms with Crippen LogP contribution in [0.4, 0.5) is 0 Å². The second-order valence-corrected chi connectivity index (χ2v) is 13.4. The van der Waals surface area contributed by atoms with Gasteiger partial charge in [-0.1, -0.05) is 109 Å². The second-order valence-electron chi connectivity index (χ2n) is 10.9. The van der Waals surface area contributed by atoms with Crippen LogP contribution >= 0.6 is 17.1 Å². The van der Waals surface area contributed by atoms with Gasteiger partial charge in [-0.05, 0) is 60.7 Å². The highest BCUT2D eigenvalue weighted by Crippen LogP contribution is 2.50. The molecule has 0 aliphatic carbocycles. The smallest absolute Gasteiger partial charge is 0.421 e. The molecule has 2 unspecified atom stereocenters. The SMILES string of the molecule is c1ccc(OP(Oc2ccccc2-c2ccccc2OP(Oc2ccccc2)n2ccc3ccccc32)n2ccc3ccccc32)cc1. The summed E-state index contributed by atoms with van der Waals surface area (Å²) < 4.78 is 31.0. The van der Waals surface area contributed by atoms with Crippen LogP contribution in [0.15, 0.2) is 182 Å². The van der Waals surface area contributed by atoms with Crippen molar-refractivity contribution in [2.75, 3.05) is 0 Å². The molecule has 2 atom stereocenters. The van der Waals surface area contributed by atoms with Crippen molar-refractivity contribution in [1.29, 1.82) is 0 Å². The number of hydrogen-bond acceptors (Lipinski definition) is 4. The van der Waals surface area contributed by atoms with Crippen molar-refractivity contribution >= 4 is 38.9 Å². The lowest BCUT2D eigenvalue weighted by atomic mass is 10.0. The van der Waals surface area contributed by atoms with E-state index in [9.17, 15) is 0 Å². The maximum Gasteiger partial charge on any atom is 0.421 e. The number of para-hydroxylation sites is 6. The Hall–Kier alpha value is -5.54. The van der Waals surface area contributed by atoms with Crippen LogP contribution in [0.2, 0.25) is 0 Å². The zero-order valence-electron chi connectivity index (χ0n) is 25.7. The van der Waals surface area contributed by atoms with Gasteiger partial charge in [-0.25, -0.2) is 0 Å². The predicted octanol–water partition coefficient (Wildman–Crippen LogP) is 11.7. The highest BCUT2D eigenvalue weighted by atomic mass is 31.2. The molecule has 2 aromatic heterocycles. The normalized spacial score (nSPS) is 12.4. The monoisotopic (exact) mass is 664 g/mol. The molecule has 0 spiro atoms. The van der Waals surface area contributed by atoms with E-state index in [2.05, 4.69) is 45.1 Å². The summed E-state index contributed by atoms with van der Waals surface area (Å²) in [6.07, 6.45) is 4.04. The summed E-state index contributed by atoms with van der Waals surface area (Å²) in [5.74, 6) is 2.80. The van der Waals surface area contributed by atoms with Crippen LogP contribution in [-0.2, 0) is 0 Å². The average Bonchev–Trinajstić information content (AvgIpc) is 3.78. The van der Waals surface area contributed by atoms with Crippen molar-refractivity contribution in [2.24, 2.45) is 0 Å². The van der Waals surface area contributed by atoms with Gasteiger partial charge < -0.3 is 18.1 Å². The number of fused-ring (bicyclic) bond motifs is 2. The molecule has 6 aromatic carbocycles. The van der Waals surface area contributed by atoms with E-state index < -0.39 is 17.1 Å². The molecule has 0 radical (unpaired) electrons. The van der Waals surface area contributed by atoms with Gasteiger partial charge in [0.25, 0.3) is 0 Å².